The molecule has 2 N–H and O–H groups in total. The Hall–Kier alpha value is -1.00. The Balaban J connectivity index is 2.85. The molecule has 84 valence electrons. The van der Waals surface area contributed by atoms with Crippen molar-refractivity contribution in [2.75, 3.05) is 6.54 Å². The molecular weight excluding hydrogens is 200 g/mol. The molecule has 2 atom stereocenters. The average Bonchev–Trinajstić information content (AvgIpc) is 2.15. The van der Waals surface area contributed by atoms with Gasteiger partial charge in [-0.15, -0.1) is 0 Å². The maximum absolute atomic E-state index is 12.9. The molecule has 0 spiro atoms. The molecule has 1 rings (SSSR count). The zero-order chi connectivity index (χ0) is 11.4. The summed E-state index contributed by atoms with van der Waals surface area (Å²) < 4.78 is 25.7. The fourth-order valence-electron chi connectivity index (χ4n) is 1.47. The number of halogens is 2. The van der Waals surface area contributed by atoms with Gasteiger partial charge in [0.05, 0.1) is 6.10 Å². The molecule has 0 amide bonds. The zero-order valence-corrected chi connectivity index (χ0v) is 8.80. The lowest BCUT2D eigenvalue weighted by Crippen LogP contribution is -2.31. The fourth-order valence-corrected chi connectivity index (χ4v) is 1.47. The normalized spacial score (nSPS) is 15.0. The van der Waals surface area contributed by atoms with Crippen molar-refractivity contribution in [1.82, 2.24) is 5.32 Å². The van der Waals surface area contributed by atoms with E-state index in [1.807, 2.05) is 6.92 Å². The molecule has 0 aliphatic heterocycles. The minimum atomic E-state index is -0.907. The Labute approximate surface area is 87.9 Å². The molecule has 0 aliphatic rings. The molecule has 0 heterocycles. The van der Waals surface area contributed by atoms with E-state index >= 15 is 0 Å². The molecule has 1 aromatic carbocycles. The largest absolute Gasteiger partial charge is 0.387 e. The van der Waals surface area contributed by atoms with Gasteiger partial charge in [0.1, 0.15) is 11.6 Å². The summed E-state index contributed by atoms with van der Waals surface area (Å²) >= 11 is 0. The number of nitrogens with one attached hydrogen (secondary N) is 1. The van der Waals surface area contributed by atoms with Crippen molar-refractivity contribution >= 4 is 0 Å². The summed E-state index contributed by atoms with van der Waals surface area (Å²) in [5.74, 6) is -1.35. The number of rotatable bonds is 4. The van der Waals surface area contributed by atoms with Crippen LogP contribution >= 0.6 is 0 Å². The van der Waals surface area contributed by atoms with Crippen LogP contribution in [0.3, 0.4) is 0 Å². The second-order valence-corrected chi connectivity index (χ2v) is 3.49. The van der Waals surface area contributed by atoms with Crippen molar-refractivity contribution in [3.05, 3.63) is 35.4 Å². The SMILES string of the molecule is CCNC(C)C(O)c1cc(F)cc(F)c1. The summed E-state index contributed by atoms with van der Waals surface area (Å²) in [5.41, 5.74) is 0.251. The van der Waals surface area contributed by atoms with E-state index in [4.69, 9.17) is 0 Å². The number of aliphatic hydroxyl groups is 1. The first-order chi connectivity index (χ1) is 7.04. The monoisotopic (exact) mass is 215 g/mol. The van der Waals surface area contributed by atoms with Crippen LogP contribution in [0.15, 0.2) is 18.2 Å². The first kappa shape index (κ1) is 12.1. The van der Waals surface area contributed by atoms with Gasteiger partial charge in [-0.05, 0) is 31.2 Å². The summed E-state index contributed by atoms with van der Waals surface area (Å²) in [6.45, 7) is 4.35. The summed E-state index contributed by atoms with van der Waals surface area (Å²) in [6, 6.07) is 2.83. The van der Waals surface area contributed by atoms with E-state index in [0.29, 0.717) is 6.54 Å². The third-order valence-electron chi connectivity index (χ3n) is 2.23. The molecule has 0 bridgehead atoms. The Bertz CT molecular complexity index is 310. The lowest BCUT2D eigenvalue weighted by atomic mass is 10.0. The molecular formula is C11H15F2NO. The number of benzene rings is 1. The first-order valence-corrected chi connectivity index (χ1v) is 4.92. The summed E-state index contributed by atoms with van der Waals surface area (Å²) in [5, 5.41) is 12.8. The van der Waals surface area contributed by atoms with E-state index in [2.05, 4.69) is 5.32 Å². The summed E-state index contributed by atoms with van der Waals surface area (Å²) in [6.07, 6.45) is -0.907. The van der Waals surface area contributed by atoms with Crippen LogP contribution in [0.2, 0.25) is 0 Å². The standard InChI is InChI=1S/C11H15F2NO/c1-3-14-7(2)11(15)8-4-9(12)6-10(13)5-8/h4-7,11,14-15H,3H2,1-2H3. The van der Waals surface area contributed by atoms with Gasteiger partial charge < -0.3 is 10.4 Å². The van der Waals surface area contributed by atoms with Crippen molar-refractivity contribution in [3.63, 3.8) is 0 Å². The van der Waals surface area contributed by atoms with Crippen molar-refractivity contribution in [1.29, 1.82) is 0 Å². The Kier molecular flexibility index (Phi) is 4.17. The highest BCUT2D eigenvalue weighted by Crippen LogP contribution is 2.19. The van der Waals surface area contributed by atoms with Crippen LogP contribution in [0, 0.1) is 11.6 Å². The second-order valence-electron chi connectivity index (χ2n) is 3.49. The van der Waals surface area contributed by atoms with Crippen molar-refractivity contribution < 1.29 is 13.9 Å². The highest BCUT2D eigenvalue weighted by Gasteiger charge is 2.16. The van der Waals surface area contributed by atoms with Gasteiger partial charge >= 0.3 is 0 Å². The van der Waals surface area contributed by atoms with E-state index in [0.717, 1.165) is 18.2 Å². The number of aliphatic hydroxyl groups excluding tert-OH is 1. The van der Waals surface area contributed by atoms with Gasteiger partial charge in [0.15, 0.2) is 0 Å². The average molecular weight is 215 g/mol. The topological polar surface area (TPSA) is 32.3 Å². The van der Waals surface area contributed by atoms with Gasteiger partial charge in [0, 0.05) is 12.1 Å². The zero-order valence-electron chi connectivity index (χ0n) is 8.80. The maximum atomic E-state index is 12.9. The van der Waals surface area contributed by atoms with Gasteiger partial charge in [-0.2, -0.15) is 0 Å². The predicted molar refractivity (Wildman–Crippen MR) is 54.5 cm³/mol. The highest BCUT2D eigenvalue weighted by atomic mass is 19.1. The van der Waals surface area contributed by atoms with Crippen molar-refractivity contribution in [2.45, 2.75) is 26.0 Å². The van der Waals surface area contributed by atoms with E-state index in [-0.39, 0.29) is 11.6 Å². The van der Waals surface area contributed by atoms with Gasteiger partial charge in [-0.25, -0.2) is 8.78 Å². The third kappa shape index (κ3) is 3.25. The smallest absolute Gasteiger partial charge is 0.126 e. The minimum Gasteiger partial charge on any atom is -0.387 e. The molecule has 0 aromatic heterocycles. The quantitative estimate of drug-likeness (QED) is 0.805. The minimum absolute atomic E-state index is 0.240. The maximum Gasteiger partial charge on any atom is 0.126 e. The third-order valence-corrected chi connectivity index (χ3v) is 2.23. The Morgan fingerprint density at radius 2 is 1.80 bits per heavy atom. The number of likely N-dealkylation sites (N-methyl/N-ethyl adjacent to an activating group) is 1. The van der Waals surface area contributed by atoms with Gasteiger partial charge in [-0.1, -0.05) is 6.92 Å². The van der Waals surface area contributed by atoms with Crippen LogP contribution in [-0.2, 0) is 0 Å². The summed E-state index contributed by atoms with van der Waals surface area (Å²) in [4.78, 5) is 0. The van der Waals surface area contributed by atoms with E-state index in [1.54, 1.807) is 6.92 Å². The molecule has 0 saturated carbocycles. The first-order valence-electron chi connectivity index (χ1n) is 4.92. The molecule has 0 radical (unpaired) electrons. The molecule has 0 aliphatic carbocycles. The van der Waals surface area contributed by atoms with Gasteiger partial charge in [0.25, 0.3) is 0 Å². The van der Waals surface area contributed by atoms with Crippen LogP contribution in [0.5, 0.6) is 0 Å². The number of hydrogen-bond donors (Lipinski definition) is 2. The van der Waals surface area contributed by atoms with Crippen LogP contribution in [0.25, 0.3) is 0 Å². The van der Waals surface area contributed by atoms with E-state index in [9.17, 15) is 13.9 Å². The molecule has 4 heteroatoms. The van der Waals surface area contributed by atoms with E-state index in [1.165, 1.54) is 0 Å². The van der Waals surface area contributed by atoms with Crippen molar-refractivity contribution in [3.8, 4) is 0 Å². The molecule has 0 fully saturated rings. The summed E-state index contributed by atoms with van der Waals surface area (Å²) in [7, 11) is 0. The molecule has 15 heavy (non-hydrogen) atoms. The van der Waals surface area contributed by atoms with E-state index < -0.39 is 17.7 Å². The highest BCUT2D eigenvalue weighted by molar-refractivity contribution is 5.21. The Morgan fingerprint density at radius 3 is 2.27 bits per heavy atom. The number of hydrogen-bond acceptors (Lipinski definition) is 2. The molecule has 1 aromatic rings. The Morgan fingerprint density at radius 1 is 1.27 bits per heavy atom. The molecule has 0 saturated heterocycles. The van der Waals surface area contributed by atoms with Crippen LogP contribution in [0.4, 0.5) is 8.78 Å². The van der Waals surface area contributed by atoms with Crippen molar-refractivity contribution in [2.24, 2.45) is 0 Å². The van der Waals surface area contributed by atoms with Crippen LogP contribution in [-0.4, -0.2) is 17.7 Å². The molecule has 2 unspecified atom stereocenters. The fraction of sp³-hybridized carbons (Fsp3) is 0.455. The lowest BCUT2D eigenvalue weighted by Gasteiger charge is -2.19. The molecule has 2 nitrogen and oxygen atoms in total. The lowest BCUT2D eigenvalue weighted by molar-refractivity contribution is 0.136. The second kappa shape index (κ2) is 5.19. The van der Waals surface area contributed by atoms with Crippen LogP contribution < -0.4 is 5.32 Å². The van der Waals surface area contributed by atoms with Gasteiger partial charge in [0.2, 0.25) is 0 Å². The van der Waals surface area contributed by atoms with Crippen LogP contribution in [0.1, 0.15) is 25.5 Å². The predicted octanol–water partition coefficient (Wildman–Crippen LogP) is 2.00. The van der Waals surface area contributed by atoms with Gasteiger partial charge in [-0.3, -0.25) is 0 Å².